The zero-order valence-corrected chi connectivity index (χ0v) is 6.18. The van der Waals surface area contributed by atoms with E-state index >= 15 is 0 Å². The normalized spacial score (nSPS) is 23.2. The third-order valence-electron chi connectivity index (χ3n) is 1.17. The summed E-state index contributed by atoms with van der Waals surface area (Å²) in [5, 5.41) is 4.86. The second kappa shape index (κ2) is 2.79. The number of hydrogen-bond acceptors (Lipinski definition) is 3. The number of carbonyl (C=O) groups is 2. The van der Waals surface area contributed by atoms with Gasteiger partial charge in [0.25, 0.3) is 5.91 Å². The fourth-order valence-corrected chi connectivity index (χ4v) is 0.827. The van der Waals surface area contributed by atoms with E-state index in [0.717, 1.165) is 0 Å². The van der Waals surface area contributed by atoms with Gasteiger partial charge in [-0.2, -0.15) is 0 Å². The summed E-state index contributed by atoms with van der Waals surface area (Å²) in [6.07, 6.45) is 1.25. The van der Waals surface area contributed by atoms with Crippen molar-refractivity contribution in [3.05, 3.63) is 11.4 Å². The van der Waals surface area contributed by atoms with E-state index in [2.05, 4.69) is 10.6 Å². The maximum Gasteiger partial charge on any atom is 0.256 e. The predicted molar refractivity (Wildman–Crippen MR) is 38.2 cm³/mol. The lowest BCUT2D eigenvalue weighted by atomic mass is 10.2. The van der Waals surface area contributed by atoms with E-state index in [1.54, 1.807) is 0 Å². The van der Waals surface area contributed by atoms with Crippen molar-refractivity contribution in [1.82, 2.24) is 10.6 Å². The number of primary amides is 1. The second-order valence-electron chi connectivity index (χ2n) is 1.98. The van der Waals surface area contributed by atoms with Gasteiger partial charge in [-0.1, -0.05) is 11.6 Å². The maximum atomic E-state index is 10.8. The largest absolute Gasteiger partial charge is 0.367 e. The summed E-state index contributed by atoms with van der Waals surface area (Å²) >= 11 is 5.45. The Morgan fingerprint density at radius 1 is 1.73 bits per heavy atom. The third-order valence-corrected chi connectivity index (χ3v) is 1.39. The van der Waals surface area contributed by atoms with Crippen molar-refractivity contribution in [1.29, 1.82) is 0 Å². The maximum absolute atomic E-state index is 10.8. The third kappa shape index (κ3) is 1.62. The minimum absolute atomic E-state index is 0.188. The van der Waals surface area contributed by atoms with Gasteiger partial charge in [-0.15, -0.1) is 0 Å². The highest BCUT2D eigenvalue weighted by Crippen LogP contribution is 2.01. The van der Waals surface area contributed by atoms with E-state index < -0.39 is 17.9 Å². The Hall–Kier alpha value is -1.23. The first-order chi connectivity index (χ1) is 5.11. The summed E-state index contributed by atoms with van der Waals surface area (Å²) < 4.78 is 0. The quantitative estimate of drug-likeness (QED) is 0.339. The van der Waals surface area contributed by atoms with Crippen LogP contribution in [0.5, 0.6) is 0 Å². The van der Waals surface area contributed by atoms with Crippen molar-refractivity contribution < 1.29 is 9.59 Å². The van der Waals surface area contributed by atoms with Gasteiger partial charge in [-0.3, -0.25) is 9.59 Å². The van der Waals surface area contributed by atoms with Crippen molar-refractivity contribution in [2.24, 2.45) is 5.73 Å². The Labute approximate surface area is 67.6 Å². The van der Waals surface area contributed by atoms with Crippen LogP contribution in [0.25, 0.3) is 0 Å². The van der Waals surface area contributed by atoms with Gasteiger partial charge in [0.2, 0.25) is 5.91 Å². The Morgan fingerprint density at radius 3 is 2.82 bits per heavy atom. The monoisotopic (exact) mass is 175 g/mol. The van der Waals surface area contributed by atoms with Crippen LogP contribution in [-0.2, 0) is 9.59 Å². The molecule has 0 bridgehead atoms. The van der Waals surface area contributed by atoms with Gasteiger partial charge >= 0.3 is 0 Å². The van der Waals surface area contributed by atoms with Crippen LogP contribution in [0.3, 0.4) is 0 Å². The molecule has 0 aliphatic carbocycles. The van der Waals surface area contributed by atoms with Gasteiger partial charge in [0, 0.05) is 6.20 Å². The second-order valence-corrected chi connectivity index (χ2v) is 2.39. The highest BCUT2D eigenvalue weighted by atomic mass is 35.5. The van der Waals surface area contributed by atoms with Crippen molar-refractivity contribution in [3.63, 3.8) is 0 Å². The molecule has 0 spiro atoms. The van der Waals surface area contributed by atoms with Crippen LogP contribution in [0.2, 0.25) is 0 Å². The molecule has 1 aliphatic rings. The molecule has 0 saturated carbocycles. The van der Waals surface area contributed by atoms with Crippen LogP contribution < -0.4 is 16.4 Å². The summed E-state index contributed by atoms with van der Waals surface area (Å²) in [5.41, 5.74) is 4.87. The van der Waals surface area contributed by atoms with Crippen molar-refractivity contribution in [3.8, 4) is 0 Å². The molecule has 0 saturated heterocycles. The number of halogens is 1. The molecule has 0 aromatic rings. The molecule has 1 atom stereocenters. The van der Waals surface area contributed by atoms with Crippen LogP contribution in [0, 0.1) is 0 Å². The molecule has 1 heterocycles. The zero-order valence-electron chi connectivity index (χ0n) is 5.43. The number of carbonyl (C=O) groups excluding carboxylic acids is 2. The summed E-state index contributed by atoms with van der Waals surface area (Å²) in [6, 6.07) is -1.06. The molecule has 0 fully saturated rings. The molecule has 1 unspecified atom stereocenters. The van der Waals surface area contributed by atoms with Crippen LogP contribution in [0.1, 0.15) is 0 Å². The lowest BCUT2D eigenvalue weighted by molar-refractivity contribution is -0.130. The molecular formula is C5H6ClN3O2. The molecule has 0 radical (unpaired) electrons. The molecule has 2 amide bonds. The molecule has 1 rings (SSSR count). The van der Waals surface area contributed by atoms with E-state index in [9.17, 15) is 9.59 Å². The Balaban J connectivity index is 2.76. The van der Waals surface area contributed by atoms with Gasteiger partial charge in [-0.05, 0) is 0 Å². The molecule has 60 valence electrons. The Kier molecular flexibility index (Phi) is 2.00. The average Bonchev–Trinajstić information content (AvgIpc) is 1.94. The van der Waals surface area contributed by atoms with Gasteiger partial charge in [-0.25, -0.2) is 0 Å². The topological polar surface area (TPSA) is 84.2 Å². The first-order valence-corrected chi connectivity index (χ1v) is 3.21. The molecule has 1 aliphatic heterocycles. The molecule has 11 heavy (non-hydrogen) atoms. The first kappa shape index (κ1) is 7.87. The fraction of sp³-hybridized carbons (Fsp3) is 0.200. The lowest BCUT2D eigenvalue weighted by Gasteiger charge is -2.18. The van der Waals surface area contributed by atoms with Crippen molar-refractivity contribution >= 4 is 23.4 Å². The van der Waals surface area contributed by atoms with Gasteiger partial charge in [0.05, 0.1) is 0 Å². The number of amides is 2. The summed E-state index contributed by atoms with van der Waals surface area (Å²) in [4.78, 5) is 21.3. The van der Waals surface area contributed by atoms with Crippen LogP contribution >= 0.6 is 11.6 Å². The molecule has 0 aromatic heterocycles. The lowest BCUT2D eigenvalue weighted by Crippen LogP contribution is -2.53. The minimum atomic E-state index is -1.06. The van der Waals surface area contributed by atoms with Crippen molar-refractivity contribution in [2.75, 3.05) is 0 Å². The van der Waals surface area contributed by atoms with E-state index in [1.807, 2.05) is 0 Å². The molecule has 6 heteroatoms. The first-order valence-electron chi connectivity index (χ1n) is 2.83. The van der Waals surface area contributed by atoms with Crippen LogP contribution in [0.4, 0.5) is 0 Å². The number of hydrogen-bond donors (Lipinski definition) is 3. The minimum Gasteiger partial charge on any atom is -0.367 e. The summed E-state index contributed by atoms with van der Waals surface area (Å²) in [5.74, 6) is -1.25. The number of nitrogens with one attached hydrogen (secondary N) is 2. The van der Waals surface area contributed by atoms with Gasteiger partial charge in [0.1, 0.15) is 5.16 Å². The zero-order chi connectivity index (χ0) is 8.43. The molecule has 0 aromatic carbocycles. The Morgan fingerprint density at radius 2 is 2.36 bits per heavy atom. The van der Waals surface area contributed by atoms with Crippen LogP contribution in [0.15, 0.2) is 11.4 Å². The standard InChI is InChI=1S/C5H6ClN3O2/c6-2-1-8-5(11)3(9-2)4(7)10/h1,3,9H,(H2,7,10)(H,8,11). The average molecular weight is 176 g/mol. The van der Waals surface area contributed by atoms with Gasteiger partial charge < -0.3 is 16.4 Å². The highest BCUT2D eigenvalue weighted by Gasteiger charge is 2.26. The number of rotatable bonds is 1. The van der Waals surface area contributed by atoms with Crippen molar-refractivity contribution in [2.45, 2.75) is 6.04 Å². The molecular weight excluding hydrogens is 170 g/mol. The smallest absolute Gasteiger partial charge is 0.256 e. The van der Waals surface area contributed by atoms with Gasteiger partial charge in [0.15, 0.2) is 6.04 Å². The summed E-state index contributed by atoms with van der Waals surface area (Å²) in [7, 11) is 0. The van der Waals surface area contributed by atoms with E-state index in [0.29, 0.717) is 0 Å². The Bertz CT molecular complexity index is 238. The highest BCUT2D eigenvalue weighted by molar-refractivity contribution is 6.30. The molecule has 4 N–H and O–H groups in total. The number of nitrogens with two attached hydrogens (primary N) is 1. The van der Waals surface area contributed by atoms with Crippen LogP contribution in [-0.4, -0.2) is 17.9 Å². The predicted octanol–water partition coefficient (Wildman–Crippen LogP) is -1.40. The van der Waals surface area contributed by atoms with E-state index in [1.165, 1.54) is 6.20 Å². The van der Waals surface area contributed by atoms with E-state index in [4.69, 9.17) is 17.3 Å². The SMILES string of the molecule is NC(=O)C1NC(Cl)=CNC1=O. The fourth-order valence-electron chi connectivity index (χ4n) is 0.663. The van der Waals surface area contributed by atoms with E-state index in [-0.39, 0.29) is 5.16 Å². The molecule has 5 nitrogen and oxygen atoms in total. The summed E-state index contributed by atoms with van der Waals surface area (Å²) in [6.45, 7) is 0.